The highest BCUT2D eigenvalue weighted by Gasteiger charge is 2.38. The first-order valence-electron chi connectivity index (χ1n) is 11.3. The van der Waals surface area contributed by atoms with Crippen molar-refractivity contribution < 1.29 is 23.9 Å². The lowest BCUT2D eigenvalue weighted by Gasteiger charge is -2.38. The number of piperidine rings is 1. The van der Waals surface area contributed by atoms with Gasteiger partial charge in [0.25, 0.3) is 0 Å². The van der Waals surface area contributed by atoms with Crippen LogP contribution >= 0.6 is 0 Å². The van der Waals surface area contributed by atoms with E-state index >= 15 is 0 Å². The number of esters is 2. The molecule has 0 radical (unpaired) electrons. The van der Waals surface area contributed by atoms with E-state index in [-0.39, 0.29) is 24.5 Å². The van der Waals surface area contributed by atoms with E-state index in [4.69, 9.17) is 9.47 Å². The highest BCUT2D eigenvalue weighted by molar-refractivity contribution is 5.95. The van der Waals surface area contributed by atoms with Crippen LogP contribution in [0.25, 0.3) is 0 Å². The monoisotopic (exact) mass is 443 g/mol. The Morgan fingerprint density at radius 1 is 1.09 bits per heavy atom. The second-order valence-corrected chi connectivity index (χ2v) is 8.18. The molecular weight excluding hydrogens is 410 g/mol. The van der Waals surface area contributed by atoms with Crippen LogP contribution in [0.5, 0.6) is 0 Å². The maximum atomic E-state index is 13.1. The molecule has 1 aromatic carbocycles. The molecule has 3 rings (SSSR count). The lowest BCUT2D eigenvalue weighted by molar-refractivity contribution is -0.149. The Balaban J connectivity index is 1.90. The van der Waals surface area contributed by atoms with Crippen molar-refractivity contribution >= 4 is 18.0 Å². The molecule has 2 heterocycles. The van der Waals surface area contributed by atoms with Crippen molar-refractivity contribution in [2.24, 2.45) is 5.92 Å². The second-order valence-electron chi connectivity index (χ2n) is 8.18. The number of hydrogen-bond donors (Lipinski definition) is 1. The Hall–Kier alpha value is -2.87. The molecule has 0 aromatic heterocycles. The SMILES string of the molecule is CCOC(=O)C1=C(CN2CCC(C(=O)OCC)CC2)N(C)C(=O)NC1c1ccccc1C. The van der Waals surface area contributed by atoms with E-state index < -0.39 is 12.0 Å². The van der Waals surface area contributed by atoms with Gasteiger partial charge < -0.3 is 14.8 Å². The third-order valence-corrected chi connectivity index (χ3v) is 6.15. The van der Waals surface area contributed by atoms with E-state index in [0.717, 1.165) is 11.1 Å². The summed E-state index contributed by atoms with van der Waals surface area (Å²) < 4.78 is 10.6. The van der Waals surface area contributed by atoms with Crippen LogP contribution in [0.4, 0.5) is 4.79 Å². The average Bonchev–Trinajstić information content (AvgIpc) is 2.78. The van der Waals surface area contributed by atoms with Crippen molar-refractivity contribution in [1.82, 2.24) is 15.1 Å². The molecule has 0 aliphatic carbocycles. The fraction of sp³-hybridized carbons (Fsp3) is 0.542. The molecular formula is C24H33N3O5. The van der Waals surface area contributed by atoms with E-state index in [1.54, 1.807) is 14.0 Å². The fourth-order valence-corrected chi connectivity index (χ4v) is 4.34. The molecule has 2 amide bonds. The first-order chi connectivity index (χ1) is 15.4. The van der Waals surface area contributed by atoms with Gasteiger partial charge >= 0.3 is 18.0 Å². The Morgan fingerprint density at radius 2 is 1.75 bits per heavy atom. The zero-order valence-corrected chi connectivity index (χ0v) is 19.3. The molecule has 2 aliphatic heterocycles. The number of ether oxygens (including phenoxy) is 2. The van der Waals surface area contributed by atoms with Crippen molar-refractivity contribution in [3.8, 4) is 0 Å². The van der Waals surface area contributed by atoms with Crippen LogP contribution in [0.1, 0.15) is 43.9 Å². The van der Waals surface area contributed by atoms with Crippen LogP contribution in [0.15, 0.2) is 35.5 Å². The van der Waals surface area contributed by atoms with Gasteiger partial charge in [0.05, 0.1) is 30.7 Å². The second kappa shape index (κ2) is 10.6. The summed E-state index contributed by atoms with van der Waals surface area (Å²) in [7, 11) is 1.67. The van der Waals surface area contributed by atoms with Crippen molar-refractivity contribution in [3.05, 3.63) is 46.7 Å². The fourth-order valence-electron chi connectivity index (χ4n) is 4.34. The zero-order valence-electron chi connectivity index (χ0n) is 19.3. The van der Waals surface area contributed by atoms with Gasteiger partial charge in [-0.05, 0) is 57.8 Å². The Bertz CT molecular complexity index is 889. The predicted molar refractivity (Wildman–Crippen MR) is 120 cm³/mol. The van der Waals surface area contributed by atoms with Crippen molar-refractivity contribution in [2.45, 2.75) is 39.7 Å². The molecule has 0 saturated carbocycles. The average molecular weight is 444 g/mol. The normalized spacial score (nSPS) is 20.2. The molecule has 174 valence electrons. The number of hydrogen-bond acceptors (Lipinski definition) is 6. The molecule has 1 unspecified atom stereocenters. The van der Waals surface area contributed by atoms with Crippen molar-refractivity contribution in [3.63, 3.8) is 0 Å². The number of aryl methyl sites for hydroxylation is 1. The molecule has 1 fully saturated rings. The van der Waals surface area contributed by atoms with Crippen molar-refractivity contribution in [2.75, 3.05) is 39.9 Å². The molecule has 0 spiro atoms. The summed E-state index contributed by atoms with van der Waals surface area (Å²) in [6.07, 6.45) is 1.38. The zero-order chi connectivity index (χ0) is 23.3. The van der Waals surface area contributed by atoms with Gasteiger partial charge in [-0.1, -0.05) is 24.3 Å². The van der Waals surface area contributed by atoms with Crippen LogP contribution in [-0.2, 0) is 19.1 Å². The van der Waals surface area contributed by atoms with Gasteiger partial charge in [-0.25, -0.2) is 9.59 Å². The number of nitrogens with one attached hydrogen (secondary N) is 1. The predicted octanol–water partition coefficient (Wildman–Crippen LogP) is 2.78. The number of urea groups is 1. The lowest BCUT2D eigenvalue weighted by Crippen LogP contribution is -2.50. The van der Waals surface area contributed by atoms with Crippen LogP contribution in [-0.4, -0.2) is 67.7 Å². The highest BCUT2D eigenvalue weighted by Crippen LogP contribution is 2.33. The van der Waals surface area contributed by atoms with E-state index in [1.807, 2.05) is 38.1 Å². The third kappa shape index (κ3) is 5.12. The smallest absolute Gasteiger partial charge is 0.338 e. The number of carbonyl (C=O) groups is 3. The summed E-state index contributed by atoms with van der Waals surface area (Å²) >= 11 is 0. The summed E-state index contributed by atoms with van der Waals surface area (Å²) in [5.74, 6) is -0.673. The number of nitrogens with zero attached hydrogens (tertiary/aromatic N) is 2. The van der Waals surface area contributed by atoms with E-state index in [9.17, 15) is 14.4 Å². The van der Waals surface area contributed by atoms with Gasteiger partial charge in [-0.3, -0.25) is 14.6 Å². The van der Waals surface area contributed by atoms with Gasteiger partial charge in [0.15, 0.2) is 0 Å². The van der Waals surface area contributed by atoms with Crippen LogP contribution in [0.3, 0.4) is 0 Å². The topological polar surface area (TPSA) is 88.2 Å². The molecule has 2 aliphatic rings. The Kier molecular flexibility index (Phi) is 7.90. The minimum absolute atomic E-state index is 0.100. The summed E-state index contributed by atoms with van der Waals surface area (Å²) in [6.45, 7) is 7.98. The number of benzene rings is 1. The molecule has 8 heteroatoms. The quantitative estimate of drug-likeness (QED) is 0.652. The Labute approximate surface area is 189 Å². The van der Waals surface area contributed by atoms with Gasteiger partial charge in [-0.2, -0.15) is 0 Å². The van der Waals surface area contributed by atoms with E-state index in [0.29, 0.717) is 50.4 Å². The molecule has 1 aromatic rings. The molecule has 8 nitrogen and oxygen atoms in total. The molecule has 1 saturated heterocycles. The number of carbonyl (C=O) groups excluding carboxylic acids is 3. The number of amides is 2. The van der Waals surface area contributed by atoms with E-state index in [1.165, 1.54) is 4.90 Å². The minimum atomic E-state index is -0.578. The van der Waals surface area contributed by atoms with Gasteiger partial charge in [-0.15, -0.1) is 0 Å². The number of likely N-dealkylation sites (tertiary alicyclic amines) is 1. The summed E-state index contributed by atoms with van der Waals surface area (Å²) in [4.78, 5) is 41.6. The minimum Gasteiger partial charge on any atom is -0.466 e. The van der Waals surface area contributed by atoms with Gasteiger partial charge in [0.2, 0.25) is 0 Å². The molecule has 0 bridgehead atoms. The molecule has 32 heavy (non-hydrogen) atoms. The summed E-state index contributed by atoms with van der Waals surface area (Å²) in [5.41, 5.74) is 2.94. The lowest BCUT2D eigenvalue weighted by atomic mass is 9.91. The van der Waals surface area contributed by atoms with Crippen LogP contribution in [0.2, 0.25) is 0 Å². The van der Waals surface area contributed by atoms with Gasteiger partial charge in [0, 0.05) is 19.3 Å². The van der Waals surface area contributed by atoms with Crippen molar-refractivity contribution in [1.29, 1.82) is 0 Å². The van der Waals surface area contributed by atoms with E-state index in [2.05, 4.69) is 10.2 Å². The summed E-state index contributed by atoms with van der Waals surface area (Å²) in [5, 5.41) is 2.96. The molecule has 1 atom stereocenters. The van der Waals surface area contributed by atoms with Crippen LogP contribution < -0.4 is 5.32 Å². The molecule has 1 N–H and O–H groups in total. The first-order valence-corrected chi connectivity index (χ1v) is 11.3. The third-order valence-electron chi connectivity index (χ3n) is 6.15. The maximum Gasteiger partial charge on any atom is 0.338 e. The van der Waals surface area contributed by atoms with Gasteiger partial charge in [0.1, 0.15) is 0 Å². The highest BCUT2D eigenvalue weighted by atomic mass is 16.5. The van der Waals surface area contributed by atoms with Crippen LogP contribution in [0, 0.1) is 12.8 Å². The standard InChI is InChI=1S/C24H33N3O5/c1-5-31-22(28)17-11-13-27(14-12-17)15-19-20(23(29)32-6-2)21(25-24(30)26(19)4)18-10-8-7-9-16(18)3/h7-10,17,21H,5-6,11-15H2,1-4H3,(H,25,30). The largest absolute Gasteiger partial charge is 0.466 e. The number of rotatable bonds is 7. The maximum absolute atomic E-state index is 13.1. The first kappa shape index (κ1) is 23.8. The number of likely N-dealkylation sites (N-methyl/N-ethyl adjacent to an activating group) is 1. The summed E-state index contributed by atoms with van der Waals surface area (Å²) in [6, 6.07) is 6.87. The Morgan fingerprint density at radius 3 is 2.38 bits per heavy atom.